The van der Waals surface area contributed by atoms with Crippen LogP contribution in [0.5, 0.6) is 0 Å². The monoisotopic (exact) mass is 406 g/mol. The van der Waals surface area contributed by atoms with Crippen molar-refractivity contribution in [3.8, 4) is 17.3 Å². The molecule has 2 aromatic rings. The summed E-state index contributed by atoms with van der Waals surface area (Å²) >= 11 is 5.88. The van der Waals surface area contributed by atoms with Gasteiger partial charge in [-0.15, -0.1) is 0 Å². The van der Waals surface area contributed by atoms with E-state index in [9.17, 15) is 18.4 Å². The zero-order valence-corrected chi connectivity index (χ0v) is 15.7. The highest BCUT2D eigenvalue weighted by Crippen LogP contribution is 2.31. The molecule has 146 valence electrons. The first kappa shape index (κ1) is 19.8. The Hall–Kier alpha value is -2.92. The molecule has 0 bridgehead atoms. The molecule has 1 aromatic heterocycles. The van der Waals surface area contributed by atoms with Gasteiger partial charge in [-0.1, -0.05) is 23.7 Å². The van der Waals surface area contributed by atoms with Crippen LogP contribution in [0, 0.1) is 11.3 Å². The van der Waals surface area contributed by atoms with Gasteiger partial charge in [0.2, 0.25) is 5.91 Å². The van der Waals surface area contributed by atoms with Gasteiger partial charge in [0.1, 0.15) is 6.04 Å². The summed E-state index contributed by atoms with van der Waals surface area (Å²) in [6, 6.07) is 9.28. The fourth-order valence-corrected chi connectivity index (χ4v) is 3.28. The third-order valence-corrected chi connectivity index (χ3v) is 4.80. The Morgan fingerprint density at radius 2 is 2.04 bits per heavy atom. The Labute approximate surface area is 165 Å². The van der Waals surface area contributed by atoms with Crippen molar-refractivity contribution in [3.05, 3.63) is 47.1 Å². The van der Waals surface area contributed by atoms with Crippen molar-refractivity contribution in [1.82, 2.24) is 14.8 Å². The van der Waals surface area contributed by atoms with E-state index >= 15 is 0 Å². The molecule has 1 atom stereocenters. The molecule has 3 rings (SSSR count). The van der Waals surface area contributed by atoms with Crippen molar-refractivity contribution >= 4 is 23.4 Å². The number of aromatic nitrogens is 1. The predicted molar refractivity (Wildman–Crippen MR) is 98.9 cm³/mol. The van der Waals surface area contributed by atoms with Crippen molar-refractivity contribution < 1.29 is 18.4 Å². The number of hydrogen-bond donors (Lipinski definition) is 1. The van der Waals surface area contributed by atoms with Crippen LogP contribution in [0.4, 0.5) is 8.78 Å². The number of amides is 2. The number of carbonyl (C=O) groups is 2. The number of likely N-dealkylation sites (tertiary alicyclic amines) is 1. The first-order valence-electron chi connectivity index (χ1n) is 8.47. The van der Waals surface area contributed by atoms with E-state index in [4.69, 9.17) is 16.9 Å². The van der Waals surface area contributed by atoms with Gasteiger partial charge in [0.05, 0.1) is 24.7 Å². The summed E-state index contributed by atoms with van der Waals surface area (Å²) in [5.41, 5.74) is 1.96. The molecule has 6 nitrogen and oxygen atoms in total. The smallest absolute Gasteiger partial charge is 0.268 e. The van der Waals surface area contributed by atoms with Crippen LogP contribution >= 0.6 is 11.6 Å². The van der Waals surface area contributed by atoms with Crippen molar-refractivity contribution in [1.29, 1.82) is 5.26 Å². The normalized spacial score (nSPS) is 18.0. The lowest BCUT2D eigenvalue weighted by Crippen LogP contribution is -2.42. The number of benzene rings is 1. The maximum Gasteiger partial charge on any atom is 0.268 e. The minimum atomic E-state index is -3.09. The number of hydrogen-bond acceptors (Lipinski definition) is 3. The van der Waals surface area contributed by atoms with Crippen LogP contribution in [-0.2, 0) is 11.8 Å². The van der Waals surface area contributed by atoms with E-state index in [0.717, 1.165) is 16.2 Å². The minimum Gasteiger partial charge on any atom is -0.350 e. The Bertz CT molecular complexity index is 950. The van der Waals surface area contributed by atoms with Gasteiger partial charge in [-0.2, -0.15) is 5.26 Å². The van der Waals surface area contributed by atoms with E-state index in [1.54, 1.807) is 42.1 Å². The average Bonchev–Trinajstić information content (AvgIpc) is 3.19. The maximum absolute atomic E-state index is 13.4. The van der Waals surface area contributed by atoms with E-state index in [2.05, 4.69) is 5.32 Å². The Balaban J connectivity index is 1.66. The second-order valence-electron chi connectivity index (χ2n) is 6.64. The molecule has 1 aliphatic rings. The number of halogens is 3. The number of aryl methyl sites for hydroxylation is 1. The van der Waals surface area contributed by atoms with E-state index in [-0.39, 0.29) is 0 Å². The van der Waals surface area contributed by atoms with Gasteiger partial charge in [-0.3, -0.25) is 9.59 Å². The second kappa shape index (κ2) is 7.60. The van der Waals surface area contributed by atoms with Crippen molar-refractivity contribution in [2.24, 2.45) is 7.05 Å². The van der Waals surface area contributed by atoms with Crippen LogP contribution in [0.15, 0.2) is 36.5 Å². The molecule has 0 radical (unpaired) electrons. The summed E-state index contributed by atoms with van der Waals surface area (Å²) in [4.78, 5) is 25.3. The van der Waals surface area contributed by atoms with E-state index in [0.29, 0.717) is 10.6 Å². The van der Waals surface area contributed by atoms with Gasteiger partial charge in [0.25, 0.3) is 11.8 Å². The Kier molecular flexibility index (Phi) is 5.38. The fourth-order valence-electron chi connectivity index (χ4n) is 3.15. The highest BCUT2D eigenvalue weighted by Gasteiger charge is 2.47. The first-order valence-corrected chi connectivity index (χ1v) is 8.85. The SMILES string of the molecule is Cn1cc(C(=O)NCC(=O)N2CC(F)(F)C[C@H]2C#N)cc1-c1ccc(Cl)cc1. The molecular formula is C19H17ClF2N4O2. The number of carbonyl (C=O) groups excluding carboxylic acids is 2. The molecule has 1 aliphatic heterocycles. The number of nitrogens with zero attached hydrogens (tertiary/aromatic N) is 3. The number of nitrogens with one attached hydrogen (secondary N) is 1. The standard InChI is InChI=1S/C19H17ClF2N4O2/c1-25-10-13(6-16(25)12-2-4-14(20)5-3-12)18(28)24-9-17(27)26-11-19(21,22)7-15(26)8-23/h2-6,10,15H,7,9,11H2,1H3,(H,24,28)/t15-/m0/s1. The fraction of sp³-hybridized carbons (Fsp3) is 0.316. The van der Waals surface area contributed by atoms with Crippen LogP contribution < -0.4 is 5.32 Å². The maximum atomic E-state index is 13.4. The topological polar surface area (TPSA) is 78.1 Å². The van der Waals surface area contributed by atoms with Crippen LogP contribution in [0.2, 0.25) is 5.02 Å². The molecule has 0 saturated carbocycles. The molecule has 0 unspecified atom stereocenters. The van der Waals surface area contributed by atoms with E-state index < -0.39 is 43.3 Å². The molecule has 1 aromatic carbocycles. The number of nitriles is 1. The molecule has 0 aliphatic carbocycles. The largest absolute Gasteiger partial charge is 0.350 e. The molecule has 1 saturated heterocycles. The number of rotatable bonds is 4. The molecule has 1 fully saturated rings. The molecule has 2 amide bonds. The third-order valence-electron chi connectivity index (χ3n) is 4.55. The molecule has 2 heterocycles. The second-order valence-corrected chi connectivity index (χ2v) is 7.08. The molecule has 9 heteroatoms. The minimum absolute atomic E-state index is 0.323. The molecule has 28 heavy (non-hydrogen) atoms. The van der Waals surface area contributed by atoms with Crippen molar-refractivity contribution in [3.63, 3.8) is 0 Å². The van der Waals surface area contributed by atoms with Gasteiger partial charge in [-0.25, -0.2) is 8.78 Å². The van der Waals surface area contributed by atoms with Crippen LogP contribution in [-0.4, -0.2) is 46.3 Å². The molecular weight excluding hydrogens is 390 g/mol. The summed E-state index contributed by atoms with van der Waals surface area (Å²) in [5, 5.41) is 12.0. The zero-order valence-electron chi connectivity index (χ0n) is 15.0. The lowest BCUT2D eigenvalue weighted by molar-refractivity contribution is -0.131. The lowest BCUT2D eigenvalue weighted by Gasteiger charge is -2.19. The van der Waals surface area contributed by atoms with Crippen molar-refractivity contribution in [2.75, 3.05) is 13.1 Å². The van der Waals surface area contributed by atoms with Crippen molar-refractivity contribution in [2.45, 2.75) is 18.4 Å². The van der Waals surface area contributed by atoms with Crippen LogP contribution in [0.25, 0.3) is 11.3 Å². The van der Waals surface area contributed by atoms with Gasteiger partial charge >= 0.3 is 0 Å². The quantitative estimate of drug-likeness (QED) is 0.848. The molecule has 0 spiro atoms. The highest BCUT2D eigenvalue weighted by atomic mass is 35.5. The Morgan fingerprint density at radius 3 is 2.68 bits per heavy atom. The lowest BCUT2D eigenvalue weighted by atomic mass is 10.1. The predicted octanol–water partition coefficient (Wildman–Crippen LogP) is 2.84. The number of alkyl halides is 2. The first-order chi connectivity index (χ1) is 13.2. The van der Waals surface area contributed by atoms with E-state index in [1.807, 2.05) is 12.1 Å². The summed E-state index contributed by atoms with van der Waals surface area (Å²) in [7, 11) is 1.77. The van der Waals surface area contributed by atoms with Crippen LogP contribution in [0.3, 0.4) is 0 Å². The summed E-state index contributed by atoms with van der Waals surface area (Å²) in [5.74, 6) is -4.32. The zero-order chi connectivity index (χ0) is 20.5. The van der Waals surface area contributed by atoms with Crippen LogP contribution in [0.1, 0.15) is 16.8 Å². The van der Waals surface area contributed by atoms with Gasteiger partial charge in [-0.05, 0) is 23.8 Å². The van der Waals surface area contributed by atoms with Gasteiger partial charge in [0, 0.05) is 30.4 Å². The third kappa shape index (κ3) is 4.15. The van der Waals surface area contributed by atoms with E-state index in [1.165, 1.54) is 0 Å². The average molecular weight is 407 g/mol. The van der Waals surface area contributed by atoms with Gasteiger partial charge in [0.15, 0.2) is 0 Å². The molecule has 1 N–H and O–H groups in total. The summed E-state index contributed by atoms with van der Waals surface area (Å²) in [6.07, 6.45) is 0.915. The summed E-state index contributed by atoms with van der Waals surface area (Å²) in [6.45, 7) is -1.27. The Morgan fingerprint density at radius 1 is 1.36 bits per heavy atom. The summed E-state index contributed by atoms with van der Waals surface area (Å²) < 4.78 is 28.6. The highest BCUT2D eigenvalue weighted by molar-refractivity contribution is 6.30. The van der Waals surface area contributed by atoms with Gasteiger partial charge < -0.3 is 14.8 Å².